The lowest BCUT2D eigenvalue weighted by Gasteiger charge is -2.29. The lowest BCUT2D eigenvalue weighted by Crippen LogP contribution is -2.38. The third-order valence-electron chi connectivity index (χ3n) is 4.03. The Morgan fingerprint density at radius 2 is 1.90 bits per heavy atom. The van der Waals surface area contributed by atoms with Gasteiger partial charge in [-0.25, -0.2) is 0 Å². The summed E-state index contributed by atoms with van der Waals surface area (Å²) in [6.45, 7) is 5.62. The van der Waals surface area contributed by atoms with E-state index >= 15 is 0 Å². The zero-order chi connectivity index (χ0) is 14.5. The van der Waals surface area contributed by atoms with Crippen LogP contribution in [0.5, 0.6) is 0 Å². The second kappa shape index (κ2) is 7.29. The van der Waals surface area contributed by atoms with Gasteiger partial charge in [-0.2, -0.15) is 0 Å². The van der Waals surface area contributed by atoms with Gasteiger partial charge >= 0.3 is 0 Å². The predicted molar refractivity (Wildman–Crippen MR) is 85.2 cm³/mol. The van der Waals surface area contributed by atoms with Crippen molar-refractivity contribution in [3.8, 4) is 0 Å². The van der Waals surface area contributed by atoms with Gasteiger partial charge in [-0.1, -0.05) is 30.3 Å². The SMILES string of the molecule is O=C1CS[C@@H](c2ccccc2)N1CCCN1CCOCC1. The summed E-state index contributed by atoms with van der Waals surface area (Å²) in [4.78, 5) is 16.6. The molecule has 0 spiro atoms. The summed E-state index contributed by atoms with van der Waals surface area (Å²) in [5.74, 6) is 0.882. The molecule has 0 unspecified atom stereocenters. The molecule has 0 bridgehead atoms. The zero-order valence-corrected chi connectivity index (χ0v) is 13.1. The number of hydrogen-bond acceptors (Lipinski definition) is 4. The monoisotopic (exact) mass is 306 g/mol. The van der Waals surface area contributed by atoms with Crippen molar-refractivity contribution in [3.05, 3.63) is 35.9 Å². The molecule has 0 aromatic heterocycles. The van der Waals surface area contributed by atoms with Crippen molar-refractivity contribution in [3.63, 3.8) is 0 Å². The second-order valence-electron chi connectivity index (χ2n) is 5.47. The Labute approximate surface area is 130 Å². The molecule has 3 rings (SSSR count). The van der Waals surface area contributed by atoms with Gasteiger partial charge in [0.05, 0.1) is 19.0 Å². The number of carbonyl (C=O) groups is 1. The summed E-state index contributed by atoms with van der Waals surface area (Å²) >= 11 is 1.74. The highest BCUT2D eigenvalue weighted by Crippen LogP contribution is 2.38. The smallest absolute Gasteiger partial charge is 0.233 e. The Morgan fingerprint density at radius 1 is 1.14 bits per heavy atom. The van der Waals surface area contributed by atoms with Gasteiger partial charge in [-0.15, -0.1) is 11.8 Å². The van der Waals surface area contributed by atoms with E-state index in [0.29, 0.717) is 5.75 Å². The van der Waals surface area contributed by atoms with E-state index in [1.807, 2.05) is 23.1 Å². The number of thioether (sulfide) groups is 1. The van der Waals surface area contributed by atoms with E-state index in [2.05, 4.69) is 17.0 Å². The van der Waals surface area contributed by atoms with Crippen LogP contribution >= 0.6 is 11.8 Å². The van der Waals surface area contributed by atoms with Crippen LogP contribution in [0.15, 0.2) is 30.3 Å². The minimum absolute atomic E-state index is 0.198. The van der Waals surface area contributed by atoms with Gasteiger partial charge in [0.15, 0.2) is 0 Å². The Bertz CT molecular complexity index is 463. The zero-order valence-electron chi connectivity index (χ0n) is 12.2. The summed E-state index contributed by atoms with van der Waals surface area (Å²) in [7, 11) is 0. The van der Waals surface area contributed by atoms with Crippen LogP contribution in [0.3, 0.4) is 0 Å². The number of nitrogens with zero attached hydrogens (tertiary/aromatic N) is 2. The normalized spacial score (nSPS) is 23.7. The maximum atomic E-state index is 12.1. The highest BCUT2D eigenvalue weighted by molar-refractivity contribution is 8.00. The van der Waals surface area contributed by atoms with Gasteiger partial charge in [-0.05, 0) is 12.0 Å². The number of carbonyl (C=O) groups excluding carboxylic acids is 1. The average molecular weight is 306 g/mol. The van der Waals surface area contributed by atoms with Gasteiger partial charge in [-0.3, -0.25) is 9.69 Å². The maximum Gasteiger partial charge on any atom is 0.233 e. The van der Waals surface area contributed by atoms with Crippen LogP contribution in [0, 0.1) is 0 Å². The maximum absolute atomic E-state index is 12.1. The van der Waals surface area contributed by atoms with Crippen LogP contribution in [0.2, 0.25) is 0 Å². The topological polar surface area (TPSA) is 32.8 Å². The summed E-state index contributed by atoms with van der Waals surface area (Å²) < 4.78 is 5.36. The Balaban J connectivity index is 1.53. The molecule has 0 N–H and O–H groups in total. The highest BCUT2D eigenvalue weighted by atomic mass is 32.2. The molecular formula is C16H22N2O2S. The first-order chi connectivity index (χ1) is 10.3. The molecule has 1 amide bonds. The molecule has 1 atom stereocenters. The lowest BCUT2D eigenvalue weighted by molar-refractivity contribution is -0.128. The molecule has 1 aromatic rings. The number of morpholine rings is 1. The molecule has 2 aliphatic rings. The quantitative estimate of drug-likeness (QED) is 0.833. The first kappa shape index (κ1) is 14.9. The van der Waals surface area contributed by atoms with E-state index < -0.39 is 0 Å². The molecule has 21 heavy (non-hydrogen) atoms. The fourth-order valence-corrected chi connectivity index (χ4v) is 4.10. The molecule has 2 heterocycles. The number of hydrogen-bond donors (Lipinski definition) is 0. The van der Waals surface area contributed by atoms with Gasteiger partial charge in [0.2, 0.25) is 5.91 Å². The van der Waals surface area contributed by atoms with Gasteiger partial charge < -0.3 is 9.64 Å². The molecule has 1 aromatic carbocycles. The Morgan fingerprint density at radius 3 is 2.67 bits per heavy atom. The number of rotatable bonds is 5. The van der Waals surface area contributed by atoms with E-state index in [9.17, 15) is 4.79 Å². The van der Waals surface area contributed by atoms with Crippen LogP contribution in [-0.2, 0) is 9.53 Å². The number of amides is 1. The fourth-order valence-electron chi connectivity index (χ4n) is 2.88. The van der Waals surface area contributed by atoms with Crippen LogP contribution in [0.4, 0.5) is 0 Å². The number of ether oxygens (including phenoxy) is 1. The van der Waals surface area contributed by atoms with Crippen molar-refractivity contribution in [1.82, 2.24) is 9.80 Å². The van der Waals surface area contributed by atoms with Gasteiger partial charge in [0, 0.05) is 26.2 Å². The molecule has 0 radical (unpaired) electrons. The molecule has 114 valence electrons. The minimum Gasteiger partial charge on any atom is -0.379 e. The Hall–Kier alpha value is -1.04. The van der Waals surface area contributed by atoms with Crippen molar-refractivity contribution < 1.29 is 9.53 Å². The van der Waals surface area contributed by atoms with E-state index in [1.54, 1.807) is 11.8 Å². The Kier molecular flexibility index (Phi) is 5.17. The first-order valence-corrected chi connectivity index (χ1v) is 8.65. The van der Waals surface area contributed by atoms with E-state index in [1.165, 1.54) is 5.56 Å². The number of benzene rings is 1. The van der Waals surface area contributed by atoms with Gasteiger partial charge in [0.25, 0.3) is 0 Å². The van der Waals surface area contributed by atoms with E-state index in [4.69, 9.17) is 4.74 Å². The first-order valence-electron chi connectivity index (χ1n) is 7.61. The van der Waals surface area contributed by atoms with Crippen molar-refractivity contribution >= 4 is 17.7 Å². The molecule has 4 nitrogen and oxygen atoms in total. The van der Waals surface area contributed by atoms with Gasteiger partial charge in [0.1, 0.15) is 5.37 Å². The van der Waals surface area contributed by atoms with Crippen molar-refractivity contribution in [2.75, 3.05) is 45.1 Å². The highest BCUT2D eigenvalue weighted by Gasteiger charge is 2.32. The second-order valence-corrected chi connectivity index (χ2v) is 6.54. The molecule has 2 aliphatic heterocycles. The van der Waals surface area contributed by atoms with Crippen LogP contribution < -0.4 is 0 Å². The standard InChI is InChI=1S/C16H22N2O2S/c19-15-13-21-16(14-5-2-1-3-6-14)18(15)8-4-7-17-9-11-20-12-10-17/h1-3,5-6,16H,4,7-13H2/t16-/m0/s1. The molecule has 0 aliphatic carbocycles. The molecule has 5 heteroatoms. The van der Waals surface area contributed by atoms with Crippen LogP contribution in [0.25, 0.3) is 0 Å². The van der Waals surface area contributed by atoms with E-state index in [0.717, 1.165) is 45.8 Å². The fraction of sp³-hybridized carbons (Fsp3) is 0.562. The summed E-state index contributed by atoms with van der Waals surface area (Å²) in [5, 5.41) is 0.198. The lowest BCUT2D eigenvalue weighted by atomic mass is 10.2. The molecule has 2 fully saturated rings. The molecule has 0 saturated carbocycles. The minimum atomic E-state index is 0.198. The van der Waals surface area contributed by atoms with E-state index in [-0.39, 0.29) is 11.3 Å². The van der Waals surface area contributed by atoms with Crippen LogP contribution in [0.1, 0.15) is 17.4 Å². The van der Waals surface area contributed by atoms with Crippen LogP contribution in [-0.4, -0.2) is 60.9 Å². The molecular weight excluding hydrogens is 284 g/mol. The summed E-state index contributed by atoms with van der Waals surface area (Å²) in [6, 6.07) is 10.3. The average Bonchev–Trinajstić information content (AvgIpc) is 2.91. The third kappa shape index (κ3) is 3.78. The largest absolute Gasteiger partial charge is 0.379 e. The summed E-state index contributed by atoms with van der Waals surface area (Å²) in [6.07, 6.45) is 1.04. The van der Waals surface area contributed by atoms with Crippen molar-refractivity contribution in [1.29, 1.82) is 0 Å². The third-order valence-corrected chi connectivity index (χ3v) is 5.29. The predicted octanol–water partition coefficient (Wildman–Crippen LogP) is 1.98. The summed E-state index contributed by atoms with van der Waals surface area (Å²) in [5.41, 5.74) is 1.24. The van der Waals surface area contributed by atoms with Crippen molar-refractivity contribution in [2.24, 2.45) is 0 Å². The van der Waals surface area contributed by atoms with Crippen molar-refractivity contribution in [2.45, 2.75) is 11.8 Å². The molecule has 2 saturated heterocycles.